The molecule has 39 heavy (non-hydrogen) atoms. The number of carboxylic acids is 1. The molecule has 1 aliphatic carbocycles. The maximum Gasteiger partial charge on any atom is 0.408 e. The highest BCUT2D eigenvalue weighted by Crippen LogP contribution is 2.44. The van der Waals surface area contributed by atoms with Crippen LogP contribution in [0, 0.1) is 0 Å². The van der Waals surface area contributed by atoms with Crippen molar-refractivity contribution in [1.29, 1.82) is 0 Å². The van der Waals surface area contributed by atoms with Crippen LogP contribution in [0.1, 0.15) is 35.6 Å². The number of likely N-dealkylation sites (N-methyl/N-ethyl adjacent to an activating group) is 1. The molecule has 10 heteroatoms. The summed E-state index contributed by atoms with van der Waals surface area (Å²) in [7, 11) is 3.22. The molecule has 0 heterocycles. The van der Waals surface area contributed by atoms with Crippen molar-refractivity contribution in [3.05, 3.63) is 81.8 Å². The third-order valence-electron chi connectivity index (χ3n) is 6.36. The molecule has 1 aliphatic rings. The number of hydrogen-bond acceptors (Lipinski definition) is 6. The van der Waals surface area contributed by atoms with Crippen molar-refractivity contribution in [3.63, 3.8) is 0 Å². The van der Waals surface area contributed by atoms with Crippen molar-refractivity contribution in [2.24, 2.45) is 0 Å². The lowest BCUT2D eigenvalue weighted by molar-refractivity contribution is -0.139. The Kier molecular flexibility index (Phi) is 8.75. The van der Waals surface area contributed by atoms with Gasteiger partial charge in [0, 0.05) is 20.0 Å². The SMILES string of the molecule is CCOc1cc(C(NC(=O)OCC2c3ccccc3-c3ccccc32)C(=O)O)cc(Br)c1OCC(=O)N(C)C. The van der Waals surface area contributed by atoms with E-state index < -0.39 is 18.1 Å². The normalized spacial score (nSPS) is 12.6. The van der Waals surface area contributed by atoms with Gasteiger partial charge < -0.3 is 29.5 Å². The Morgan fingerprint density at radius 1 is 1.00 bits per heavy atom. The van der Waals surface area contributed by atoms with Crippen molar-refractivity contribution >= 4 is 33.9 Å². The van der Waals surface area contributed by atoms with Crippen molar-refractivity contribution in [2.75, 3.05) is 33.9 Å². The Bertz CT molecular complexity index is 1350. The molecular formula is C29H29BrN2O7. The number of carboxylic acid groups (broad SMARTS) is 1. The molecule has 0 aromatic heterocycles. The summed E-state index contributed by atoms with van der Waals surface area (Å²) in [6.45, 7) is 1.85. The van der Waals surface area contributed by atoms with Crippen LogP contribution in [0.4, 0.5) is 4.79 Å². The molecule has 0 fully saturated rings. The fourth-order valence-corrected chi connectivity index (χ4v) is 5.04. The van der Waals surface area contributed by atoms with Crippen LogP contribution in [0.3, 0.4) is 0 Å². The molecule has 0 radical (unpaired) electrons. The number of rotatable bonds is 10. The Morgan fingerprint density at radius 3 is 2.18 bits per heavy atom. The van der Waals surface area contributed by atoms with E-state index in [1.54, 1.807) is 21.0 Å². The van der Waals surface area contributed by atoms with Crippen LogP contribution in [0.15, 0.2) is 65.1 Å². The number of hydrogen-bond donors (Lipinski definition) is 2. The predicted molar refractivity (Wildman–Crippen MR) is 148 cm³/mol. The van der Waals surface area contributed by atoms with Crippen LogP contribution in [-0.4, -0.2) is 61.9 Å². The fourth-order valence-electron chi connectivity index (χ4n) is 4.47. The van der Waals surface area contributed by atoms with E-state index in [1.165, 1.54) is 17.0 Å². The van der Waals surface area contributed by atoms with Crippen molar-refractivity contribution in [2.45, 2.75) is 18.9 Å². The molecule has 9 nitrogen and oxygen atoms in total. The van der Waals surface area contributed by atoms with Crippen molar-refractivity contribution in [1.82, 2.24) is 10.2 Å². The van der Waals surface area contributed by atoms with Gasteiger partial charge in [-0.25, -0.2) is 9.59 Å². The van der Waals surface area contributed by atoms with Crippen LogP contribution < -0.4 is 14.8 Å². The molecule has 0 saturated heterocycles. The third kappa shape index (κ3) is 6.17. The molecule has 0 spiro atoms. The van der Waals surface area contributed by atoms with Crippen molar-refractivity contribution in [3.8, 4) is 22.6 Å². The Balaban J connectivity index is 1.50. The number of benzene rings is 3. The van der Waals surface area contributed by atoms with Gasteiger partial charge in [0.15, 0.2) is 24.1 Å². The number of halogens is 1. The molecule has 3 aromatic rings. The lowest BCUT2D eigenvalue weighted by Crippen LogP contribution is -2.35. The molecule has 2 N–H and O–H groups in total. The molecule has 2 amide bonds. The summed E-state index contributed by atoms with van der Waals surface area (Å²) in [6, 6.07) is 17.4. The smallest absolute Gasteiger partial charge is 0.408 e. The quantitative estimate of drug-likeness (QED) is 0.339. The summed E-state index contributed by atoms with van der Waals surface area (Å²) in [5.41, 5.74) is 4.52. The van der Waals surface area contributed by atoms with E-state index >= 15 is 0 Å². The first-order chi connectivity index (χ1) is 18.7. The third-order valence-corrected chi connectivity index (χ3v) is 6.95. The Hall–Kier alpha value is -4.05. The highest BCUT2D eigenvalue weighted by Gasteiger charge is 2.30. The van der Waals surface area contributed by atoms with E-state index in [-0.39, 0.29) is 48.7 Å². The molecule has 0 bridgehead atoms. The first-order valence-electron chi connectivity index (χ1n) is 12.3. The van der Waals surface area contributed by atoms with Gasteiger partial charge in [0.1, 0.15) is 6.61 Å². The van der Waals surface area contributed by atoms with E-state index in [4.69, 9.17) is 14.2 Å². The fraction of sp³-hybridized carbons (Fsp3) is 0.276. The first-order valence-corrected chi connectivity index (χ1v) is 13.1. The average molecular weight is 597 g/mol. The van der Waals surface area contributed by atoms with Gasteiger partial charge in [-0.1, -0.05) is 48.5 Å². The number of amides is 2. The molecule has 204 valence electrons. The van der Waals surface area contributed by atoms with E-state index in [2.05, 4.69) is 21.2 Å². The standard InChI is InChI=1S/C29H29BrN2O7/c1-4-37-24-14-17(13-23(30)27(24)38-16-25(33)32(2)3)26(28(34)35)31-29(36)39-15-22-20-11-7-5-9-18(20)19-10-6-8-12-21(19)22/h5-14,22,26H,4,15-16H2,1-3H3,(H,31,36)(H,34,35). The minimum absolute atomic E-state index is 0.0484. The number of nitrogens with one attached hydrogen (secondary N) is 1. The topological polar surface area (TPSA) is 114 Å². The van der Waals surface area contributed by atoms with Gasteiger partial charge in [-0.15, -0.1) is 0 Å². The van der Waals surface area contributed by atoms with E-state index in [0.29, 0.717) is 4.47 Å². The predicted octanol–water partition coefficient (Wildman–Crippen LogP) is 4.98. The molecule has 0 aliphatic heterocycles. The second kappa shape index (κ2) is 12.2. The minimum Gasteiger partial charge on any atom is -0.490 e. The van der Waals surface area contributed by atoms with Crippen LogP contribution >= 0.6 is 15.9 Å². The second-order valence-corrected chi connectivity index (χ2v) is 9.94. The first kappa shape index (κ1) is 28.0. The zero-order chi connectivity index (χ0) is 28.1. The number of fused-ring (bicyclic) bond motifs is 3. The van der Waals surface area contributed by atoms with Gasteiger partial charge in [-0.3, -0.25) is 4.79 Å². The lowest BCUT2D eigenvalue weighted by atomic mass is 9.98. The second-order valence-electron chi connectivity index (χ2n) is 9.08. The minimum atomic E-state index is -1.42. The summed E-state index contributed by atoms with van der Waals surface area (Å²) in [4.78, 5) is 38.4. The molecule has 4 rings (SSSR count). The average Bonchev–Trinajstić information content (AvgIpc) is 3.23. The summed E-state index contributed by atoms with van der Waals surface area (Å²) in [5, 5.41) is 12.4. The maximum absolute atomic E-state index is 12.8. The zero-order valence-corrected chi connectivity index (χ0v) is 23.4. The maximum atomic E-state index is 12.8. The number of nitrogens with zero attached hydrogens (tertiary/aromatic N) is 1. The van der Waals surface area contributed by atoms with Crippen LogP contribution in [-0.2, 0) is 14.3 Å². The molecule has 3 aromatic carbocycles. The highest BCUT2D eigenvalue weighted by molar-refractivity contribution is 9.10. The van der Waals surface area contributed by atoms with Gasteiger partial charge in [0.05, 0.1) is 11.1 Å². The molecule has 1 unspecified atom stereocenters. The number of carbonyl (C=O) groups excluding carboxylic acids is 2. The van der Waals surface area contributed by atoms with Gasteiger partial charge in [0.2, 0.25) is 0 Å². The van der Waals surface area contributed by atoms with E-state index in [1.807, 2.05) is 48.5 Å². The van der Waals surface area contributed by atoms with E-state index in [9.17, 15) is 19.5 Å². The van der Waals surface area contributed by atoms with Gasteiger partial charge in [-0.2, -0.15) is 0 Å². The molecular weight excluding hydrogens is 568 g/mol. The number of ether oxygens (including phenoxy) is 3. The monoisotopic (exact) mass is 596 g/mol. The zero-order valence-electron chi connectivity index (χ0n) is 21.8. The van der Waals surface area contributed by atoms with Gasteiger partial charge in [-0.05, 0) is 62.8 Å². The molecule has 1 atom stereocenters. The highest BCUT2D eigenvalue weighted by atomic mass is 79.9. The summed E-state index contributed by atoms with van der Waals surface area (Å²) >= 11 is 3.38. The Labute approximate surface area is 234 Å². The van der Waals surface area contributed by atoms with Gasteiger partial charge >= 0.3 is 12.1 Å². The lowest BCUT2D eigenvalue weighted by Gasteiger charge is -2.20. The van der Waals surface area contributed by atoms with Crippen LogP contribution in [0.2, 0.25) is 0 Å². The Morgan fingerprint density at radius 2 is 1.62 bits per heavy atom. The molecule has 0 saturated carbocycles. The summed E-state index contributed by atoms with van der Waals surface area (Å²) in [5.74, 6) is -1.22. The number of alkyl carbamates (subject to hydrolysis) is 1. The largest absolute Gasteiger partial charge is 0.490 e. The number of aliphatic carboxylic acids is 1. The summed E-state index contributed by atoms with van der Waals surface area (Å²) < 4.78 is 17.2. The van der Waals surface area contributed by atoms with E-state index in [0.717, 1.165) is 22.3 Å². The van der Waals surface area contributed by atoms with Gasteiger partial charge in [0.25, 0.3) is 5.91 Å². The van der Waals surface area contributed by atoms with Crippen LogP contribution in [0.25, 0.3) is 11.1 Å². The van der Waals surface area contributed by atoms with Crippen molar-refractivity contribution < 1.29 is 33.7 Å². The number of carbonyl (C=O) groups is 3. The van der Waals surface area contributed by atoms with Crippen LogP contribution in [0.5, 0.6) is 11.5 Å². The summed E-state index contributed by atoms with van der Waals surface area (Å²) in [6.07, 6.45) is -0.866.